The monoisotopic (exact) mass is 587 g/mol. The lowest BCUT2D eigenvalue weighted by atomic mass is 9.91. The highest BCUT2D eigenvalue weighted by Crippen LogP contribution is 2.22. The molecule has 0 aromatic heterocycles. The van der Waals surface area contributed by atoms with Crippen molar-refractivity contribution in [3.63, 3.8) is 0 Å². The number of Topliss-reactive ketones (excluding diaryl/α,β-unsaturated/α-hetero) is 1. The van der Waals surface area contributed by atoms with Gasteiger partial charge < -0.3 is 23.4 Å². The minimum atomic E-state index is -0.531. The van der Waals surface area contributed by atoms with Crippen molar-refractivity contribution in [2.75, 3.05) is 67.3 Å². The van der Waals surface area contributed by atoms with E-state index in [4.69, 9.17) is 18.9 Å². The van der Waals surface area contributed by atoms with Gasteiger partial charge in [-0.15, -0.1) is 0 Å². The molecule has 244 valence electrons. The number of esters is 1. The minimum absolute atomic E-state index is 0.212. The van der Waals surface area contributed by atoms with Crippen molar-refractivity contribution in [3.8, 4) is 0 Å². The van der Waals surface area contributed by atoms with Crippen LogP contribution in [0.15, 0.2) is 0 Å². The summed E-state index contributed by atoms with van der Waals surface area (Å²) < 4.78 is 23.5. The maximum atomic E-state index is 12.0. The summed E-state index contributed by atoms with van der Waals surface area (Å²) in [5, 5.41) is 0. The van der Waals surface area contributed by atoms with Gasteiger partial charge in [-0.3, -0.25) is 9.59 Å². The summed E-state index contributed by atoms with van der Waals surface area (Å²) in [6.45, 7) is 16.8. The lowest BCUT2D eigenvalue weighted by Crippen LogP contribution is -2.37. The van der Waals surface area contributed by atoms with Crippen molar-refractivity contribution < 1.29 is 33.0 Å². The topological polar surface area (TPSA) is 71.1 Å². The summed E-state index contributed by atoms with van der Waals surface area (Å²) in [5.41, 5.74) is 0. The van der Waals surface area contributed by atoms with Gasteiger partial charge in [0.05, 0.1) is 54.2 Å². The smallest absolute Gasteiger partial charge is 0.313 e. The van der Waals surface area contributed by atoms with E-state index < -0.39 is 12.1 Å². The molecule has 0 radical (unpaired) electrons. The third-order valence-corrected chi connectivity index (χ3v) is 7.60. The van der Waals surface area contributed by atoms with Crippen LogP contribution in [0.1, 0.15) is 112 Å². The summed E-state index contributed by atoms with van der Waals surface area (Å²) in [5.74, 6) is 2.35. The van der Waals surface area contributed by atoms with E-state index in [1.165, 1.54) is 64.7 Å². The van der Waals surface area contributed by atoms with E-state index in [1.54, 1.807) is 0 Å². The molecule has 0 aromatic rings. The van der Waals surface area contributed by atoms with Crippen molar-refractivity contribution in [1.82, 2.24) is 0 Å². The second-order valence-corrected chi connectivity index (χ2v) is 14.1. The van der Waals surface area contributed by atoms with E-state index >= 15 is 0 Å². The molecule has 0 N–H and O–H groups in total. The largest absolute Gasteiger partial charge is 0.457 e. The lowest BCUT2D eigenvalue weighted by molar-refractivity contribution is -0.870. The molecule has 0 aliphatic rings. The molecular formula is C34H68NO6+. The maximum absolute atomic E-state index is 12.0. The van der Waals surface area contributed by atoms with Crippen molar-refractivity contribution in [3.05, 3.63) is 0 Å². The zero-order valence-electron chi connectivity index (χ0n) is 28.5. The van der Waals surface area contributed by atoms with Gasteiger partial charge in [0, 0.05) is 6.61 Å². The standard InChI is InChI=1S/C34H68NO6/c1-28(2)13-10-14-29(3)15-11-16-30(4)17-12-18-31(5)19-21-39-26-33(41-34(37)25-32(6)36)27-40-24-23-38-22-20-35(7,8)9/h28-31,33H,10-27H2,1-9H3/q+1. The van der Waals surface area contributed by atoms with E-state index in [2.05, 4.69) is 55.8 Å². The third kappa shape index (κ3) is 28.9. The molecule has 7 nitrogen and oxygen atoms in total. The number of ether oxygens (including phenoxy) is 4. The fourth-order valence-electron chi connectivity index (χ4n) is 4.76. The van der Waals surface area contributed by atoms with Gasteiger partial charge in [-0.25, -0.2) is 0 Å². The van der Waals surface area contributed by atoms with Gasteiger partial charge in [-0.1, -0.05) is 92.4 Å². The fraction of sp³-hybridized carbons (Fsp3) is 0.941. The minimum Gasteiger partial charge on any atom is -0.457 e. The van der Waals surface area contributed by atoms with E-state index in [1.807, 2.05) is 0 Å². The first-order chi connectivity index (χ1) is 19.3. The molecule has 0 amide bonds. The molecule has 41 heavy (non-hydrogen) atoms. The van der Waals surface area contributed by atoms with E-state index in [9.17, 15) is 9.59 Å². The normalized spacial score (nSPS) is 15.1. The highest BCUT2D eigenvalue weighted by molar-refractivity contribution is 5.94. The van der Waals surface area contributed by atoms with Gasteiger partial charge in [0.15, 0.2) is 0 Å². The molecule has 0 saturated heterocycles. The van der Waals surface area contributed by atoms with E-state index in [0.29, 0.717) is 32.3 Å². The summed E-state index contributed by atoms with van der Waals surface area (Å²) in [7, 11) is 6.38. The van der Waals surface area contributed by atoms with Gasteiger partial charge in [-0.2, -0.15) is 0 Å². The maximum Gasteiger partial charge on any atom is 0.313 e. The predicted molar refractivity (Wildman–Crippen MR) is 169 cm³/mol. The van der Waals surface area contributed by atoms with Crippen molar-refractivity contribution in [2.24, 2.45) is 23.7 Å². The number of hydrogen-bond donors (Lipinski definition) is 0. The number of nitrogens with zero attached hydrogens (tertiary/aromatic N) is 1. The van der Waals surface area contributed by atoms with Crippen LogP contribution in [0.25, 0.3) is 0 Å². The molecule has 4 unspecified atom stereocenters. The van der Waals surface area contributed by atoms with Crippen LogP contribution in [0.2, 0.25) is 0 Å². The fourth-order valence-corrected chi connectivity index (χ4v) is 4.76. The molecule has 0 rings (SSSR count). The summed E-state index contributed by atoms with van der Waals surface area (Å²) in [4.78, 5) is 23.3. The number of rotatable bonds is 28. The number of quaternary nitrogens is 1. The van der Waals surface area contributed by atoms with Gasteiger partial charge in [0.25, 0.3) is 0 Å². The number of carbonyl (C=O) groups excluding carboxylic acids is 2. The van der Waals surface area contributed by atoms with Gasteiger partial charge in [-0.05, 0) is 37.0 Å². The molecule has 0 aliphatic heterocycles. The Labute approximate surface area is 254 Å². The Morgan fingerprint density at radius 2 is 1.07 bits per heavy atom. The lowest BCUT2D eigenvalue weighted by Gasteiger charge is -2.23. The Bertz CT molecular complexity index is 648. The van der Waals surface area contributed by atoms with Crippen LogP contribution in [0.5, 0.6) is 0 Å². The van der Waals surface area contributed by atoms with Crippen LogP contribution in [0.4, 0.5) is 0 Å². The Hall–Kier alpha value is -1.02. The highest BCUT2D eigenvalue weighted by atomic mass is 16.6. The van der Waals surface area contributed by atoms with Gasteiger partial charge >= 0.3 is 5.97 Å². The number of hydrogen-bond acceptors (Lipinski definition) is 6. The number of likely N-dealkylation sites (N-methyl/N-ethyl adjacent to an activating group) is 1. The van der Waals surface area contributed by atoms with E-state index in [-0.39, 0.29) is 25.4 Å². The van der Waals surface area contributed by atoms with Gasteiger partial charge in [0.1, 0.15) is 24.9 Å². The summed E-state index contributed by atoms with van der Waals surface area (Å²) in [6.07, 6.45) is 12.2. The Morgan fingerprint density at radius 3 is 1.56 bits per heavy atom. The zero-order valence-corrected chi connectivity index (χ0v) is 28.5. The molecule has 0 saturated carbocycles. The van der Waals surface area contributed by atoms with Crippen LogP contribution in [-0.2, 0) is 28.5 Å². The Morgan fingerprint density at radius 1 is 0.610 bits per heavy atom. The van der Waals surface area contributed by atoms with Crippen LogP contribution in [0, 0.1) is 23.7 Å². The van der Waals surface area contributed by atoms with Gasteiger partial charge in [0.2, 0.25) is 0 Å². The van der Waals surface area contributed by atoms with E-state index in [0.717, 1.165) is 35.2 Å². The van der Waals surface area contributed by atoms with Crippen LogP contribution < -0.4 is 0 Å². The third-order valence-electron chi connectivity index (χ3n) is 7.60. The molecular weight excluding hydrogens is 518 g/mol. The predicted octanol–water partition coefficient (Wildman–Crippen LogP) is 7.10. The molecule has 0 bridgehead atoms. The highest BCUT2D eigenvalue weighted by Gasteiger charge is 2.17. The summed E-state index contributed by atoms with van der Waals surface area (Å²) >= 11 is 0. The molecule has 7 heteroatoms. The number of carbonyl (C=O) groups is 2. The molecule has 0 spiro atoms. The summed E-state index contributed by atoms with van der Waals surface area (Å²) in [6, 6.07) is 0. The zero-order chi connectivity index (χ0) is 31.1. The second-order valence-electron chi connectivity index (χ2n) is 14.1. The SMILES string of the molecule is CC(=O)CC(=O)OC(COCCOCC[N+](C)(C)C)COCCC(C)CCCC(C)CCCC(C)CCCC(C)C. The van der Waals surface area contributed by atoms with Crippen LogP contribution in [-0.4, -0.2) is 89.7 Å². The Balaban J connectivity index is 4.10. The second kappa shape index (κ2) is 24.4. The van der Waals surface area contributed by atoms with Crippen molar-refractivity contribution in [2.45, 2.75) is 118 Å². The van der Waals surface area contributed by atoms with Crippen LogP contribution >= 0.6 is 0 Å². The number of ketones is 1. The Kier molecular flexibility index (Phi) is 23.8. The molecule has 0 fully saturated rings. The first kappa shape index (κ1) is 40.0. The van der Waals surface area contributed by atoms with Crippen LogP contribution in [0.3, 0.4) is 0 Å². The first-order valence-corrected chi connectivity index (χ1v) is 16.5. The average Bonchev–Trinajstić information content (AvgIpc) is 2.84. The molecule has 0 aromatic carbocycles. The van der Waals surface area contributed by atoms with Crippen molar-refractivity contribution >= 4 is 11.8 Å². The quantitative estimate of drug-likeness (QED) is 0.0422. The molecule has 0 aliphatic carbocycles. The average molecular weight is 587 g/mol. The first-order valence-electron chi connectivity index (χ1n) is 16.5. The van der Waals surface area contributed by atoms with Crippen molar-refractivity contribution in [1.29, 1.82) is 0 Å². The molecule has 4 atom stereocenters. The molecule has 0 heterocycles.